The van der Waals surface area contributed by atoms with Crippen LogP contribution in [-0.4, -0.2) is 20.6 Å². The van der Waals surface area contributed by atoms with Crippen molar-refractivity contribution in [3.05, 3.63) is 76.6 Å². The molecule has 5 rings (SSSR count). The van der Waals surface area contributed by atoms with Gasteiger partial charge in [-0.15, -0.1) is 0 Å². The maximum absolute atomic E-state index is 14.4. The summed E-state index contributed by atoms with van der Waals surface area (Å²) in [5, 5.41) is 6.87. The molecule has 0 saturated carbocycles. The van der Waals surface area contributed by atoms with Gasteiger partial charge in [-0.2, -0.15) is 0 Å². The number of carbonyl (C=O) groups excluding carboxylic acids is 1. The highest BCUT2D eigenvalue weighted by atomic mass is 35.5. The van der Waals surface area contributed by atoms with Crippen LogP contribution in [-0.2, 0) is 13.0 Å². The molecule has 0 spiro atoms. The standard InChI is InChI=1S/C24H20ClFN4O2/c1-14-21(23(29-32-14)22-17(25)5-4-6-18(22)26)24(31)27-16-10-8-15(9-11-16)19-13-30-12-3-2-7-20(30)28-19/h4-6,8-11,13H,2-3,7,12H2,1H3,(H,27,31). The SMILES string of the molecule is Cc1onc(-c2c(F)cccc2Cl)c1C(=O)Nc1ccc(-c2cn3c(n2)CCCC3)cc1. The van der Waals surface area contributed by atoms with E-state index in [9.17, 15) is 9.18 Å². The second-order valence-corrected chi connectivity index (χ2v) is 8.19. The normalized spacial score (nSPS) is 13.1. The molecular formula is C24H20ClFN4O2. The first-order chi connectivity index (χ1) is 15.5. The Morgan fingerprint density at radius 1 is 1.19 bits per heavy atom. The molecule has 162 valence electrons. The highest BCUT2D eigenvalue weighted by molar-refractivity contribution is 6.33. The molecule has 4 aromatic rings. The second-order valence-electron chi connectivity index (χ2n) is 7.78. The fourth-order valence-electron chi connectivity index (χ4n) is 4.00. The summed E-state index contributed by atoms with van der Waals surface area (Å²) in [5.41, 5.74) is 2.74. The first-order valence-electron chi connectivity index (χ1n) is 10.4. The number of aryl methyl sites for hydroxylation is 3. The number of imidazole rings is 1. The van der Waals surface area contributed by atoms with Crippen LogP contribution < -0.4 is 5.32 Å². The molecule has 0 bridgehead atoms. The summed E-state index contributed by atoms with van der Waals surface area (Å²) in [6, 6.07) is 11.7. The number of rotatable bonds is 4. The van der Waals surface area contributed by atoms with E-state index in [1.165, 1.54) is 31.0 Å². The van der Waals surface area contributed by atoms with Crippen LogP contribution in [0.3, 0.4) is 0 Å². The van der Waals surface area contributed by atoms with Crippen LogP contribution in [0.25, 0.3) is 22.5 Å². The number of nitrogens with one attached hydrogen (secondary N) is 1. The van der Waals surface area contributed by atoms with Gasteiger partial charge in [0.25, 0.3) is 5.91 Å². The molecule has 0 saturated heterocycles. The predicted octanol–water partition coefficient (Wildman–Crippen LogP) is 5.89. The van der Waals surface area contributed by atoms with Gasteiger partial charge < -0.3 is 14.4 Å². The third-order valence-corrected chi connectivity index (χ3v) is 5.95. The van der Waals surface area contributed by atoms with E-state index in [1.807, 2.05) is 24.3 Å². The molecule has 6 nitrogen and oxygen atoms in total. The third kappa shape index (κ3) is 3.69. The van der Waals surface area contributed by atoms with Crippen molar-refractivity contribution in [1.29, 1.82) is 0 Å². The zero-order valence-electron chi connectivity index (χ0n) is 17.4. The first-order valence-corrected chi connectivity index (χ1v) is 10.8. The highest BCUT2D eigenvalue weighted by Gasteiger charge is 2.25. The molecule has 0 atom stereocenters. The number of aromatic nitrogens is 3. The number of benzene rings is 2. The minimum Gasteiger partial charge on any atom is -0.360 e. The van der Waals surface area contributed by atoms with E-state index in [4.69, 9.17) is 21.1 Å². The summed E-state index contributed by atoms with van der Waals surface area (Å²) in [6.07, 6.45) is 5.42. The summed E-state index contributed by atoms with van der Waals surface area (Å²) in [6.45, 7) is 2.60. The van der Waals surface area contributed by atoms with Crippen molar-refractivity contribution in [2.24, 2.45) is 0 Å². The number of carbonyl (C=O) groups is 1. The molecule has 8 heteroatoms. The van der Waals surface area contributed by atoms with Crippen molar-refractivity contribution >= 4 is 23.2 Å². The van der Waals surface area contributed by atoms with Gasteiger partial charge in [0.2, 0.25) is 0 Å². The first kappa shape index (κ1) is 20.5. The zero-order valence-corrected chi connectivity index (χ0v) is 18.1. The minimum atomic E-state index is -0.577. The maximum Gasteiger partial charge on any atom is 0.261 e. The smallest absolute Gasteiger partial charge is 0.261 e. The molecule has 1 amide bonds. The van der Waals surface area contributed by atoms with Crippen molar-refractivity contribution < 1.29 is 13.7 Å². The van der Waals surface area contributed by atoms with Crippen LogP contribution >= 0.6 is 11.6 Å². The van der Waals surface area contributed by atoms with Crippen LogP contribution in [0, 0.1) is 12.7 Å². The van der Waals surface area contributed by atoms with Gasteiger partial charge in [0.15, 0.2) is 0 Å². The second kappa shape index (κ2) is 8.24. The maximum atomic E-state index is 14.4. The molecule has 1 aliphatic heterocycles. The quantitative estimate of drug-likeness (QED) is 0.420. The van der Waals surface area contributed by atoms with E-state index >= 15 is 0 Å². The molecule has 1 N–H and O–H groups in total. The fourth-order valence-corrected chi connectivity index (χ4v) is 4.26. The van der Waals surface area contributed by atoms with Gasteiger partial charge in [-0.1, -0.05) is 35.0 Å². The molecule has 0 fully saturated rings. The molecule has 2 aromatic heterocycles. The van der Waals surface area contributed by atoms with E-state index in [0.29, 0.717) is 5.69 Å². The van der Waals surface area contributed by atoms with Gasteiger partial charge in [0, 0.05) is 30.4 Å². The lowest BCUT2D eigenvalue weighted by molar-refractivity contribution is 0.102. The highest BCUT2D eigenvalue weighted by Crippen LogP contribution is 2.34. The van der Waals surface area contributed by atoms with Crippen molar-refractivity contribution in [2.45, 2.75) is 32.7 Å². The molecule has 1 aliphatic rings. The molecule has 32 heavy (non-hydrogen) atoms. The van der Waals surface area contributed by atoms with Gasteiger partial charge >= 0.3 is 0 Å². The Morgan fingerprint density at radius 3 is 2.75 bits per heavy atom. The molecule has 3 heterocycles. The van der Waals surface area contributed by atoms with Gasteiger partial charge in [0.1, 0.15) is 28.7 Å². The van der Waals surface area contributed by atoms with E-state index in [1.54, 1.807) is 6.92 Å². The lowest BCUT2D eigenvalue weighted by Crippen LogP contribution is -2.13. The number of fused-ring (bicyclic) bond motifs is 1. The van der Waals surface area contributed by atoms with E-state index < -0.39 is 11.7 Å². The molecular weight excluding hydrogens is 431 g/mol. The summed E-state index contributed by atoms with van der Waals surface area (Å²) in [7, 11) is 0. The van der Waals surface area contributed by atoms with Crippen LogP contribution in [0.2, 0.25) is 5.02 Å². The van der Waals surface area contributed by atoms with Crippen LogP contribution in [0.15, 0.2) is 53.2 Å². The largest absolute Gasteiger partial charge is 0.360 e. The summed E-state index contributed by atoms with van der Waals surface area (Å²) in [5.74, 6) is 0.359. The zero-order chi connectivity index (χ0) is 22.2. The molecule has 0 aliphatic carbocycles. The Morgan fingerprint density at radius 2 is 2.00 bits per heavy atom. The Labute approximate surface area is 189 Å². The Kier molecular flexibility index (Phi) is 5.27. The lowest BCUT2D eigenvalue weighted by Gasteiger charge is -2.11. The Bertz CT molecular complexity index is 1270. The van der Waals surface area contributed by atoms with E-state index in [2.05, 4.69) is 21.2 Å². The Balaban J connectivity index is 1.39. The van der Waals surface area contributed by atoms with Gasteiger partial charge in [-0.3, -0.25) is 4.79 Å². The minimum absolute atomic E-state index is 0.0373. The number of anilines is 1. The molecule has 0 radical (unpaired) electrons. The van der Waals surface area contributed by atoms with Crippen LogP contribution in [0.5, 0.6) is 0 Å². The van der Waals surface area contributed by atoms with Crippen molar-refractivity contribution in [3.8, 4) is 22.5 Å². The van der Waals surface area contributed by atoms with Gasteiger partial charge in [0.05, 0.1) is 16.3 Å². The summed E-state index contributed by atoms with van der Waals surface area (Å²) in [4.78, 5) is 17.7. The van der Waals surface area contributed by atoms with Crippen LogP contribution in [0.4, 0.5) is 10.1 Å². The summed E-state index contributed by atoms with van der Waals surface area (Å²) >= 11 is 6.16. The van der Waals surface area contributed by atoms with Crippen LogP contribution in [0.1, 0.15) is 34.8 Å². The average Bonchev–Trinajstić information content (AvgIpc) is 3.38. The number of amides is 1. The topological polar surface area (TPSA) is 73.0 Å². The van der Waals surface area contributed by atoms with Crippen molar-refractivity contribution in [3.63, 3.8) is 0 Å². The van der Waals surface area contributed by atoms with Gasteiger partial charge in [-0.25, -0.2) is 9.37 Å². The number of nitrogens with zero attached hydrogens (tertiary/aromatic N) is 3. The number of hydrogen-bond acceptors (Lipinski definition) is 4. The van der Waals surface area contributed by atoms with Gasteiger partial charge in [-0.05, 0) is 44.0 Å². The summed E-state index contributed by atoms with van der Waals surface area (Å²) < 4.78 is 21.8. The third-order valence-electron chi connectivity index (χ3n) is 5.64. The fraction of sp³-hybridized carbons (Fsp3) is 0.208. The molecule has 0 unspecified atom stereocenters. The predicted molar refractivity (Wildman–Crippen MR) is 120 cm³/mol. The van der Waals surface area contributed by atoms with E-state index in [0.717, 1.165) is 30.0 Å². The Hall–Kier alpha value is -3.45. The number of hydrogen-bond donors (Lipinski definition) is 1. The van der Waals surface area contributed by atoms with Crippen molar-refractivity contribution in [1.82, 2.24) is 14.7 Å². The van der Waals surface area contributed by atoms with Crippen molar-refractivity contribution in [2.75, 3.05) is 5.32 Å². The van der Waals surface area contributed by atoms with E-state index in [-0.39, 0.29) is 27.6 Å². The lowest BCUT2D eigenvalue weighted by atomic mass is 10.0. The monoisotopic (exact) mass is 450 g/mol. The molecule has 2 aromatic carbocycles. The average molecular weight is 451 g/mol. The number of halogens is 2.